The maximum Gasteiger partial charge on any atom is 0.412 e. The number of fused-ring (bicyclic) bond motifs is 3. The van der Waals surface area contributed by atoms with Crippen molar-refractivity contribution in [2.24, 2.45) is 0 Å². The Labute approximate surface area is 192 Å². The van der Waals surface area contributed by atoms with Crippen molar-refractivity contribution in [1.29, 1.82) is 0 Å². The summed E-state index contributed by atoms with van der Waals surface area (Å²) < 4.78 is 9.90. The van der Waals surface area contributed by atoms with Gasteiger partial charge in [0.15, 0.2) is 0 Å². The number of carbonyl (C=O) groups excluding carboxylic acids is 3. The van der Waals surface area contributed by atoms with Crippen LogP contribution in [0.25, 0.3) is 11.1 Å². The van der Waals surface area contributed by atoms with Gasteiger partial charge in [-0.15, -0.1) is 0 Å². The van der Waals surface area contributed by atoms with E-state index in [0.29, 0.717) is 0 Å². The number of hydrogen-bond acceptors (Lipinski definition) is 8. The fraction of sp³-hybridized carbons (Fsp3) is 0.182. The molecule has 3 amide bonds. The number of amides is 3. The molecule has 174 valence electrons. The number of hydrogen-bond donors (Lipinski definition) is 4. The molecular weight excluding hydrogens is 446 g/mol. The van der Waals surface area contributed by atoms with Gasteiger partial charge in [-0.2, -0.15) is 0 Å². The molecule has 12 heteroatoms. The highest BCUT2D eigenvalue weighted by Crippen LogP contribution is 2.44. The Balaban J connectivity index is 1.34. The van der Waals surface area contributed by atoms with E-state index in [0.717, 1.165) is 22.3 Å². The Morgan fingerprint density at radius 1 is 0.912 bits per heavy atom. The van der Waals surface area contributed by atoms with Crippen molar-refractivity contribution in [1.82, 2.24) is 20.9 Å². The normalized spacial score (nSPS) is 11.8. The van der Waals surface area contributed by atoms with E-state index in [1.54, 1.807) is 0 Å². The third kappa shape index (κ3) is 4.85. The monoisotopic (exact) mass is 465 g/mol. The van der Waals surface area contributed by atoms with E-state index >= 15 is 0 Å². The minimum Gasteiger partial charge on any atom is -0.480 e. The van der Waals surface area contributed by atoms with Crippen LogP contribution in [0.15, 0.2) is 53.2 Å². The van der Waals surface area contributed by atoms with E-state index in [1.165, 1.54) is 0 Å². The number of aliphatic carboxylic acids is 1. The van der Waals surface area contributed by atoms with Gasteiger partial charge in [-0.05, 0) is 32.6 Å². The number of aromatic nitrogens is 2. The molecule has 1 aliphatic carbocycles. The van der Waals surface area contributed by atoms with Crippen molar-refractivity contribution in [3.63, 3.8) is 0 Å². The molecule has 2 aromatic carbocycles. The SMILES string of the molecule is O=C(O)CNC(=O)CNC(=O)c1nonc1NC(=O)OCC1c2ccccc2-c2ccccc21. The first-order valence-corrected chi connectivity index (χ1v) is 10.1. The largest absolute Gasteiger partial charge is 0.480 e. The Morgan fingerprint density at radius 2 is 1.56 bits per heavy atom. The number of nitrogens with zero attached hydrogens (tertiary/aromatic N) is 2. The lowest BCUT2D eigenvalue weighted by molar-refractivity contribution is -0.137. The fourth-order valence-electron chi connectivity index (χ4n) is 3.63. The molecule has 0 spiro atoms. The standard InChI is InChI=1S/C22H19N5O7/c28-17(23-10-18(29)30)9-24-21(31)19-20(27-34-26-19)25-22(32)33-11-16-14-7-3-1-5-12(14)13-6-2-4-8-15(13)16/h1-8,16H,9-11H2,(H,23,28)(H,24,31)(H,29,30)(H,25,27,32). The highest BCUT2D eigenvalue weighted by Gasteiger charge is 2.29. The number of ether oxygens (including phenoxy) is 1. The summed E-state index contributed by atoms with van der Waals surface area (Å²) in [4.78, 5) is 46.6. The first-order valence-electron chi connectivity index (χ1n) is 10.1. The molecule has 0 aliphatic heterocycles. The number of carboxylic acid groups (broad SMARTS) is 1. The van der Waals surface area contributed by atoms with Crippen LogP contribution in [-0.2, 0) is 14.3 Å². The molecule has 0 radical (unpaired) electrons. The van der Waals surface area contributed by atoms with Crippen LogP contribution in [0.3, 0.4) is 0 Å². The second-order valence-corrected chi connectivity index (χ2v) is 7.27. The molecule has 1 heterocycles. The number of carboxylic acids is 1. The number of nitrogens with one attached hydrogen (secondary N) is 3. The van der Waals surface area contributed by atoms with Gasteiger partial charge in [0.1, 0.15) is 13.2 Å². The second-order valence-electron chi connectivity index (χ2n) is 7.27. The molecule has 1 aromatic heterocycles. The van der Waals surface area contributed by atoms with Crippen molar-refractivity contribution in [2.45, 2.75) is 5.92 Å². The highest BCUT2D eigenvalue weighted by atomic mass is 16.6. The zero-order chi connectivity index (χ0) is 24.1. The molecule has 3 aromatic rings. The van der Waals surface area contributed by atoms with Crippen LogP contribution in [0.5, 0.6) is 0 Å². The summed E-state index contributed by atoms with van der Waals surface area (Å²) in [5.74, 6) is -3.25. The predicted octanol–water partition coefficient (Wildman–Crippen LogP) is 1.36. The predicted molar refractivity (Wildman–Crippen MR) is 116 cm³/mol. The summed E-state index contributed by atoms with van der Waals surface area (Å²) in [7, 11) is 0. The van der Waals surface area contributed by atoms with Gasteiger partial charge in [-0.3, -0.25) is 19.7 Å². The Bertz CT molecular complexity index is 1210. The first-order chi connectivity index (χ1) is 16.4. The number of anilines is 1. The molecule has 4 N–H and O–H groups in total. The minimum absolute atomic E-state index is 0.0520. The average Bonchev–Trinajstić information content (AvgIpc) is 3.42. The number of rotatable bonds is 8. The van der Waals surface area contributed by atoms with Gasteiger partial charge in [0.2, 0.25) is 17.4 Å². The van der Waals surface area contributed by atoms with Gasteiger partial charge in [-0.25, -0.2) is 9.42 Å². The zero-order valence-corrected chi connectivity index (χ0v) is 17.6. The quantitative estimate of drug-likeness (QED) is 0.383. The van der Waals surface area contributed by atoms with Crippen molar-refractivity contribution in [2.75, 3.05) is 25.0 Å². The zero-order valence-electron chi connectivity index (χ0n) is 17.6. The highest BCUT2D eigenvalue weighted by molar-refractivity contribution is 6.01. The van der Waals surface area contributed by atoms with Crippen LogP contribution in [-0.4, -0.2) is 59.0 Å². The van der Waals surface area contributed by atoms with Gasteiger partial charge >= 0.3 is 12.1 Å². The summed E-state index contributed by atoms with van der Waals surface area (Å²) in [5, 5.41) is 22.0. The summed E-state index contributed by atoms with van der Waals surface area (Å²) in [5.41, 5.74) is 3.87. The van der Waals surface area contributed by atoms with E-state index < -0.39 is 37.0 Å². The molecule has 12 nitrogen and oxygen atoms in total. The van der Waals surface area contributed by atoms with E-state index in [4.69, 9.17) is 9.84 Å². The fourth-order valence-corrected chi connectivity index (χ4v) is 3.63. The lowest BCUT2D eigenvalue weighted by atomic mass is 9.98. The van der Waals surface area contributed by atoms with Crippen LogP contribution in [0.2, 0.25) is 0 Å². The third-order valence-corrected chi connectivity index (χ3v) is 5.11. The van der Waals surface area contributed by atoms with Gasteiger partial charge in [-0.1, -0.05) is 48.5 Å². The lowest BCUT2D eigenvalue weighted by Crippen LogP contribution is -2.39. The molecule has 0 fully saturated rings. The Hall–Kier alpha value is -4.74. The van der Waals surface area contributed by atoms with Crippen molar-refractivity contribution < 1.29 is 33.7 Å². The molecule has 0 saturated heterocycles. The summed E-state index contributed by atoms with van der Waals surface area (Å²) >= 11 is 0. The van der Waals surface area contributed by atoms with E-state index in [2.05, 4.69) is 30.9 Å². The van der Waals surface area contributed by atoms with Gasteiger partial charge in [0, 0.05) is 5.92 Å². The minimum atomic E-state index is -1.23. The summed E-state index contributed by atoms with van der Waals surface area (Å²) in [6, 6.07) is 15.7. The van der Waals surface area contributed by atoms with Crippen LogP contribution in [0.4, 0.5) is 10.6 Å². The maximum atomic E-state index is 12.4. The average molecular weight is 465 g/mol. The number of benzene rings is 2. The molecular formula is C22H19N5O7. The summed E-state index contributed by atoms with van der Waals surface area (Å²) in [6.45, 7) is -1.05. The second kappa shape index (κ2) is 9.81. The van der Waals surface area contributed by atoms with Gasteiger partial charge < -0.3 is 20.5 Å². The van der Waals surface area contributed by atoms with Crippen molar-refractivity contribution >= 4 is 29.7 Å². The van der Waals surface area contributed by atoms with Crippen molar-refractivity contribution in [3.05, 3.63) is 65.4 Å². The smallest absolute Gasteiger partial charge is 0.412 e. The molecule has 0 atom stereocenters. The molecule has 0 bridgehead atoms. The topological polar surface area (TPSA) is 173 Å². The summed E-state index contributed by atoms with van der Waals surface area (Å²) in [6.07, 6.45) is -0.870. The molecule has 0 unspecified atom stereocenters. The van der Waals surface area contributed by atoms with Crippen LogP contribution in [0.1, 0.15) is 27.5 Å². The maximum absolute atomic E-state index is 12.4. The van der Waals surface area contributed by atoms with Crippen LogP contribution < -0.4 is 16.0 Å². The lowest BCUT2D eigenvalue weighted by Gasteiger charge is -2.14. The van der Waals surface area contributed by atoms with E-state index in [1.807, 2.05) is 48.5 Å². The Kier molecular flexibility index (Phi) is 6.48. The van der Waals surface area contributed by atoms with E-state index in [9.17, 15) is 19.2 Å². The van der Waals surface area contributed by atoms with Crippen LogP contribution >= 0.6 is 0 Å². The molecule has 0 saturated carbocycles. The third-order valence-electron chi connectivity index (χ3n) is 5.11. The first kappa shape index (κ1) is 22.5. The van der Waals surface area contributed by atoms with Crippen LogP contribution in [0, 0.1) is 0 Å². The molecule has 1 aliphatic rings. The van der Waals surface area contributed by atoms with Crippen molar-refractivity contribution in [3.8, 4) is 11.1 Å². The van der Waals surface area contributed by atoms with Gasteiger partial charge in [0.05, 0.1) is 6.54 Å². The van der Waals surface area contributed by atoms with E-state index in [-0.39, 0.29) is 24.0 Å². The Morgan fingerprint density at radius 3 is 2.21 bits per heavy atom. The number of carbonyl (C=O) groups is 4. The molecule has 4 rings (SSSR count). The molecule has 34 heavy (non-hydrogen) atoms. The van der Waals surface area contributed by atoms with Gasteiger partial charge in [0.25, 0.3) is 5.91 Å².